The lowest BCUT2D eigenvalue weighted by atomic mass is 9.99. The van der Waals surface area contributed by atoms with Crippen molar-refractivity contribution in [1.82, 2.24) is 4.90 Å². The van der Waals surface area contributed by atoms with Crippen molar-refractivity contribution in [3.63, 3.8) is 0 Å². The second kappa shape index (κ2) is 5.72. The maximum atomic E-state index is 12.9. The molecule has 112 valence electrons. The Morgan fingerprint density at radius 3 is 2.76 bits per heavy atom. The molecule has 1 amide bonds. The molecule has 5 heteroatoms. The molecular formula is C16H19NO3S. The molecule has 1 aliphatic heterocycles. The van der Waals surface area contributed by atoms with Crippen molar-refractivity contribution in [2.45, 2.75) is 36.6 Å². The number of benzene rings is 1. The molecule has 1 fully saturated rings. The van der Waals surface area contributed by atoms with E-state index in [-0.39, 0.29) is 17.9 Å². The normalized spacial score (nSPS) is 21.7. The Morgan fingerprint density at radius 2 is 2.10 bits per heavy atom. The van der Waals surface area contributed by atoms with Gasteiger partial charge in [0.25, 0.3) is 0 Å². The number of nitrogens with zero attached hydrogens (tertiary/aromatic N) is 1. The quantitative estimate of drug-likeness (QED) is 0.908. The molecule has 1 N–H and O–H groups in total. The minimum atomic E-state index is -0.838. The number of carboxylic acids is 1. The van der Waals surface area contributed by atoms with Crippen molar-refractivity contribution in [2.75, 3.05) is 12.3 Å². The maximum Gasteiger partial charge on any atom is 0.308 e. The van der Waals surface area contributed by atoms with Gasteiger partial charge in [0.2, 0.25) is 5.91 Å². The van der Waals surface area contributed by atoms with Crippen LogP contribution in [-0.2, 0) is 9.59 Å². The van der Waals surface area contributed by atoms with E-state index in [9.17, 15) is 9.59 Å². The Hall–Kier alpha value is -1.49. The van der Waals surface area contributed by atoms with Crippen LogP contribution in [0.4, 0.5) is 0 Å². The zero-order chi connectivity index (χ0) is 15.0. The van der Waals surface area contributed by atoms with Crippen molar-refractivity contribution < 1.29 is 14.7 Å². The van der Waals surface area contributed by atoms with Crippen LogP contribution in [0.3, 0.4) is 0 Å². The largest absolute Gasteiger partial charge is 0.481 e. The number of carboxylic acid groups (broad SMARTS) is 1. The number of rotatable bonds is 5. The smallest absolute Gasteiger partial charge is 0.308 e. The number of aliphatic carboxylic acids is 1. The van der Waals surface area contributed by atoms with Gasteiger partial charge in [0, 0.05) is 23.2 Å². The summed E-state index contributed by atoms with van der Waals surface area (Å²) in [6.07, 6.45) is 2.00. The summed E-state index contributed by atoms with van der Waals surface area (Å²) in [7, 11) is 0. The summed E-state index contributed by atoms with van der Waals surface area (Å²) >= 11 is 1.72. The lowest BCUT2D eigenvalue weighted by Gasteiger charge is -2.27. The van der Waals surface area contributed by atoms with Crippen LogP contribution in [0, 0.1) is 5.92 Å². The fourth-order valence-electron chi connectivity index (χ4n) is 2.75. The van der Waals surface area contributed by atoms with Gasteiger partial charge in [-0.15, -0.1) is 11.8 Å². The maximum absolute atomic E-state index is 12.9. The molecule has 1 aromatic carbocycles. The van der Waals surface area contributed by atoms with Gasteiger partial charge in [0.05, 0.1) is 11.8 Å². The molecule has 0 aromatic heterocycles. The Balaban J connectivity index is 1.78. The van der Waals surface area contributed by atoms with E-state index in [1.54, 1.807) is 18.7 Å². The van der Waals surface area contributed by atoms with E-state index in [4.69, 9.17) is 5.11 Å². The van der Waals surface area contributed by atoms with Crippen LogP contribution in [0.5, 0.6) is 0 Å². The van der Waals surface area contributed by atoms with Gasteiger partial charge in [0.1, 0.15) is 0 Å². The minimum Gasteiger partial charge on any atom is -0.481 e. The summed E-state index contributed by atoms with van der Waals surface area (Å²) < 4.78 is 0. The molecule has 0 radical (unpaired) electrons. The van der Waals surface area contributed by atoms with Gasteiger partial charge in [-0.1, -0.05) is 25.1 Å². The number of thioether (sulfide) groups is 1. The molecule has 4 nitrogen and oxygen atoms in total. The highest BCUT2D eigenvalue weighted by Crippen LogP contribution is 2.41. The molecule has 1 aromatic rings. The van der Waals surface area contributed by atoms with E-state index in [1.807, 2.05) is 23.1 Å². The number of hydrogen-bond donors (Lipinski definition) is 1. The van der Waals surface area contributed by atoms with Crippen LogP contribution < -0.4 is 0 Å². The number of carbonyl (C=O) groups excluding carboxylic acids is 1. The van der Waals surface area contributed by atoms with Gasteiger partial charge < -0.3 is 10.0 Å². The minimum absolute atomic E-state index is 0.100. The summed E-state index contributed by atoms with van der Waals surface area (Å²) in [5.41, 5.74) is 1.10. The summed E-state index contributed by atoms with van der Waals surface area (Å²) in [5, 5.41) is 9.10. The Labute approximate surface area is 128 Å². The predicted molar refractivity (Wildman–Crippen MR) is 81.4 cm³/mol. The van der Waals surface area contributed by atoms with Gasteiger partial charge in [-0.25, -0.2) is 0 Å². The highest BCUT2D eigenvalue weighted by Gasteiger charge is 2.39. The average molecular weight is 305 g/mol. The third-order valence-electron chi connectivity index (χ3n) is 4.16. The highest BCUT2D eigenvalue weighted by atomic mass is 32.2. The van der Waals surface area contributed by atoms with Crippen molar-refractivity contribution in [2.24, 2.45) is 5.92 Å². The first-order valence-corrected chi connectivity index (χ1v) is 8.31. The first-order chi connectivity index (χ1) is 10.1. The lowest BCUT2D eigenvalue weighted by Crippen LogP contribution is -2.41. The predicted octanol–water partition coefficient (Wildman–Crippen LogP) is 2.59. The fourth-order valence-corrected chi connectivity index (χ4v) is 3.97. The van der Waals surface area contributed by atoms with E-state index < -0.39 is 11.9 Å². The van der Waals surface area contributed by atoms with Crippen LogP contribution in [0.2, 0.25) is 0 Å². The second-order valence-electron chi connectivity index (χ2n) is 5.86. The SMILES string of the molecule is C[C@@H](CN(C(=O)[C@@H]1CSc2ccccc21)C1CC1)C(=O)O. The van der Waals surface area contributed by atoms with E-state index in [0.717, 1.165) is 24.2 Å². The summed E-state index contributed by atoms with van der Waals surface area (Å²) in [5.74, 6) is -0.604. The molecule has 1 heterocycles. The van der Waals surface area contributed by atoms with Gasteiger partial charge in [-0.05, 0) is 24.5 Å². The average Bonchev–Trinajstić information content (AvgIpc) is 3.22. The van der Waals surface area contributed by atoms with E-state index >= 15 is 0 Å². The Kier molecular flexibility index (Phi) is 3.93. The van der Waals surface area contributed by atoms with Gasteiger partial charge in [0.15, 0.2) is 0 Å². The standard InChI is InChI=1S/C16H19NO3S/c1-10(16(19)20)8-17(11-6-7-11)15(18)13-9-21-14-5-3-2-4-12(13)14/h2-5,10-11,13H,6-9H2,1H3,(H,19,20)/t10-,13+/m0/s1. The molecule has 21 heavy (non-hydrogen) atoms. The number of amides is 1. The third kappa shape index (κ3) is 2.93. The molecule has 0 unspecified atom stereocenters. The van der Waals surface area contributed by atoms with Gasteiger partial charge in [-0.3, -0.25) is 9.59 Å². The van der Waals surface area contributed by atoms with Crippen LogP contribution in [-0.4, -0.2) is 40.2 Å². The van der Waals surface area contributed by atoms with Crippen molar-refractivity contribution >= 4 is 23.6 Å². The topological polar surface area (TPSA) is 57.6 Å². The molecule has 0 saturated heterocycles. The van der Waals surface area contributed by atoms with Crippen LogP contribution in [0.15, 0.2) is 29.2 Å². The van der Waals surface area contributed by atoms with E-state index in [1.165, 1.54) is 4.90 Å². The highest BCUT2D eigenvalue weighted by molar-refractivity contribution is 7.99. The van der Waals surface area contributed by atoms with Crippen LogP contribution in [0.1, 0.15) is 31.2 Å². The number of fused-ring (bicyclic) bond motifs is 1. The first-order valence-electron chi connectivity index (χ1n) is 7.33. The van der Waals surface area contributed by atoms with E-state index in [0.29, 0.717) is 6.54 Å². The summed E-state index contributed by atoms with van der Waals surface area (Å²) in [4.78, 5) is 26.9. The van der Waals surface area contributed by atoms with Crippen LogP contribution >= 0.6 is 11.8 Å². The summed E-state index contributed by atoms with van der Waals surface area (Å²) in [6, 6.07) is 8.27. The van der Waals surface area contributed by atoms with Crippen molar-refractivity contribution in [1.29, 1.82) is 0 Å². The number of carbonyl (C=O) groups is 2. The third-order valence-corrected chi connectivity index (χ3v) is 5.34. The molecular weight excluding hydrogens is 286 g/mol. The second-order valence-corrected chi connectivity index (χ2v) is 6.92. The molecule has 0 bridgehead atoms. The summed E-state index contributed by atoms with van der Waals surface area (Å²) in [6.45, 7) is 1.99. The monoisotopic (exact) mass is 305 g/mol. The molecule has 1 saturated carbocycles. The molecule has 0 spiro atoms. The molecule has 2 atom stereocenters. The van der Waals surface area contributed by atoms with Gasteiger partial charge in [-0.2, -0.15) is 0 Å². The van der Waals surface area contributed by atoms with Gasteiger partial charge >= 0.3 is 5.97 Å². The Morgan fingerprint density at radius 1 is 1.38 bits per heavy atom. The zero-order valence-electron chi connectivity index (χ0n) is 12.0. The first kappa shape index (κ1) is 14.4. The van der Waals surface area contributed by atoms with E-state index in [2.05, 4.69) is 6.07 Å². The lowest BCUT2D eigenvalue weighted by molar-refractivity contribution is -0.143. The van der Waals surface area contributed by atoms with Crippen molar-refractivity contribution in [3.8, 4) is 0 Å². The zero-order valence-corrected chi connectivity index (χ0v) is 12.8. The van der Waals surface area contributed by atoms with Crippen LogP contribution in [0.25, 0.3) is 0 Å². The number of hydrogen-bond acceptors (Lipinski definition) is 3. The molecule has 1 aliphatic carbocycles. The fraction of sp³-hybridized carbons (Fsp3) is 0.500. The molecule has 2 aliphatic rings. The molecule has 3 rings (SSSR count). The van der Waals surface area contributed by atoms with Crippen molar-refractivity contribution in [3.05, 3.63) is 29.8 Å². The Bertz CT molecular complexity index is 570.